The summed E-state index contributed by atoms with van der Waals surface area (Å²) in [6.07, 6.45) is 0. The van der Waals surface area contributed by atoms with Crippen LogP contribution in [0.2, 0.25) is 19.1 Å². The first-order valence-corrected chi connectivity index (χ1v) is 12.3. The van der Waals surface area contributed by atoms with Crippen molar-refractivity contribution in [2.45, 2.75) is 38.5 Å². The SMILES string of the molecule is CC1(C)C[SiH2][Si](C)(C)N1c1ccc(F)cc1F. The Morgan fingerprint density at radius 3 is 2.41 bits per heavy atom. The van der Waals surface area contributed by atoms with Crippen molar-refractivity contribution in [3.05, 3.63) is 29.8 Å². The summed E-state index contributed by atoms with van der Waals surface area (Å²) in [5.41, 5.74) is 0.624. The van der Waals surface area contributed by atoms with Crippen LogP contribution in [0.4, 0.5) is 14.5 Å². The van der Waals surface area contributed by atoms with Crippen LogP contribution in [-0.2, 0) is 0 Å². The van der Waals surface area contributed by atoms with Gasteiger partial charge in [-0.25, -0.2) is 8.78 Å². The maximum atomic E-state index is 13.9. The first kappa shape index (κ1) is 12.8. The average molecular weight is 271 g/mol. The molecule has 0 aromatic heterocycles. The molecule has 17 heavy (non-hydrogen) atoms. The van der Waals surface area contributed by atoms with E-state index in [0.29, 0.717) is 5.69 Å². The molecule has 0 aliphatic carbocycles. The van der Waals surface area contributed by atoms with Crippen LogP contribution in [0.5, 0.6) is 0 Å². The van der Waals surface area contributed by atoms with Crippen LogP contribution in [0.3, 0.4) is 0 Å². The van der Waals surface area contributed by atoms with E-state index in [-0.39, 0.29) is 14.6 Å². The van der Waals surface area contributed by atoms with Crippen molar-refractivity contribution in [1.82, 2.24) is 0 Å². The average Bonchev–Trinajstić information content (AvgIpc) is 2.39. The van der Waals surface area contributed by atoms with E-state index in [1.807, 2.05) is 0 Å². The lowest BCUT2D eigenvalue weighted by molar-refractivity contribution is 0.551. The molecule has 0 spiro atoms. The largest absolute Gasteiger partial charge is 0.394 e. The third-order valence-electron chi connectivity index (χ3n) is 3.71. The fourth-order valence-corrected chi connectivity index (χ4v) is 13.6. The number of anilines is 1. The molecule has 0 N–H and O–H groups in total. The Bertz CT molecular complexity index is 430. The maximum absolute atomic E-state index is 13.9. The molecule has 1 fully saturated rings. The molecule has 0 amide bonds. The lowest BCUT2D eigenvalue weighted by atomic mass is 10.1. The number of benzene rings is 1. The van der Waals surface area contributed by atoms with Gasteiger partial charge in [0.05, 0.1) is 5.69 Å². The molecular weight excluding hydrogens is 252 g/mol. The molecule has 1 saturated heterocycles. The van der Waals surface area contributed by atoms with Gasteiger partial charge in [0.25, 0.3) is 0 Å². The minimum absolute atomic E-state index is 0.0284. The van der Waals surface area contributed by atoms with Crippen molar-refractivity contribution in [3.63, 3.8) is 0 Å². The third-order valence-corrected chi connectivity index (χ3v) is 13.8. The van der Waals surface area contributed by atoms with Gasteiger partial charge in [-0.2, -0.15) is 0 Å². The second-order valence-electron chi connectivity index (χ2n) is 6.06. The Balaban J connectivity index is 2.50. The molecule has 0 radical (unpaired) electrons. The zero-order valence-electron chi connectivity index (χ0n) is 10.8. The van der Waals surface area contributed by atoms with Gasteiger partial charge in [0.1, 0.15) is 19.4 Å². The van der Waals surface area contributed by atoms with Crippen LogP contribution in [-0.4, -0.2) is 22.3 Å². The molecule has 94 valence electrons. The van der Waals surface area contributed by atoms with E-state index in [2.05, 4.69) is 31.5 Å². The van der Waals surface area contributed by atoms with Crippen LogP contribution >= 0.6 is 0 Å². The molecule has 1 heterocycles. The van der Waals surface area contributed by atoms with E-state index in [1.165, 1.54) is 12.1 Å². The zero-order valence-corrected chi connectivity index (χ0v) is 13.3. The summed E-state index contributed by atoms with van der Waals surface area (Å²) in [6.45, 7) is 8.95. The molecule has 1 nitrogen and oxygen atoms in total. The summed E-state index contributed by atoms with van der Waals surface area (Å²) >= 11 is 0. The van der Waals surface area contributed by atoms with Gasteiger partial charge in [-0.15, -0.1) is 0 Å². The van der Waals surface area contributed by atoms with E-state index in [0.717, 1.165) is 6.07 Å². The number of hydrogen-bond acceptors (Lipinski definition) is 1. The first-order chi connectivity index (χ1) is 7.74. The second-order valence-corrected chi connectivity index (χ2v) is 17.8. The van der Waals surface area contributed by atoms with E-state index in [4.69, 9.17) is 0 Å². The molecule has 0 bridgehead atoms. The molecule has 0 saturated carbocycles. The van der Waals surface area contributed by atoms with Crippen LogP contribution in [0, 0.1) is 11.6 Å². The summed E-state index contributed by atoms with van der Waals surface area (Å²) in [5, 5.41) is 0. The lowest BCUT2D eigenvalue weighted by Crippen LogP contribution is -2.54. The highest BCUT2D eigenvalue weighted by atomic mass is 29.2. The predicted octanol–water partition coefficient (Wildman–Crippen LogP) is 2.85. The van der Waals surface area contributed by atoms with E-state index < -0.39 is 19.4 Å². The summed E-state index contributed by atoms with van der Waals surface area (Å²) in [5.74, 6) is -0.922. The van der Waals surface area contributed by atoms with Crippen molar-refractivity contribution in [3.8, 4) is 0 Å². The van der Waals surface area contributed by atoms with Gasteiger partial charge in [0.2, 0.25) is 0 Å². The standard InChI is InChI=1S/C12H19F2NSi2/c1-12(2)8-16-17(3,4)15(12)11-6-5-9(13)7-10(11)14/h5-7H,8,16H2,1-4H3. The van der Waals surface area contributed by atoms with Gasteiger partial charge < -0.3 is 4.57 Å². The van der Waals surface area contributed by atoms with Crippen molar-refractivity contribution < 1.29 is 8.78 Å². The van der Waals surface area contributed by atoms with E-state index >= 15 is 0 Å². The fourth-order valence-electron chi connectivity index (χ4n) is 2.97. The molecule has 0 unspecified atom stereocenters. The molecule has 1 aliphatic heterocycles. The highest BCUT2D eigenvalue weighted by molar-refractivity contribution is 7.26. The fraction of sp³-hybridized carbons (Fsp3) is 0.500. The molecule has 5 heteroatoms. The minimum Gasteiger partial charge on any atom is -0.394 e. The lowest BCUT2D eigenvalue weighted by Gasteiger charge is -2.42. The second kappa shape index (κ2) is 3.91. The van der Waals surface area contributed by atoms with E-state index in [9.17, 15) is 8.78 Å². The van der Waals surface area contributed by atoms with Crippen molar-refractivity contribution in [2.75, 3.05) is 4.57 Å². The van der Waals surface area contributed by atoms with Crippen LogP contribution in [0.25, 0.3) is 0 Å². The Morgan fingerprint density at radius 1 is 1.29 bits per heavy atom. The van der Waals surface area contributed by atoms with Crippen molar-refractivity contribution in [1.29, 1.82) is 0 Å². The zero-order chi connectivity index (χ0) is 12.8. The Hall–Kier alpha value is -0.686. The normalized spacial score (nSPS) is 23.3. The Morgan fingerprint density at radius 2 is 1.94 bits per heavy atom. The van der Waals surface area contributed by atoms with Gasteiger partial charge in [-0.3, -0.25) is 0 Å². The maximum Gasteiger partial charge on any atom is 0.148 e. The molecule has 1 aromatic carbocycles. The van der Waals surface area contributed by atoms with Crippen LogP contribution in [0.1, 0.15) is 13.8 Å². The third kappa shape index (κ3) is 2.18. The quantitative estimate of drug-likeness (QED) is 0.710. The minimum atomic E-state index is -1.48. The topological polar surface area (TPSA) is 3.24 Å². The summed E-state index contributed by atoms with van der Waals surface area (Å²) < 4.78 is 29.2. The molecular formula is C12H19F2NSi2. The molecule has 0 atom stereocenters. The number of nitrogens with zero attached hydrogens (tertiary/aromatic N) is 1. The van der Waals surface area contributed by atoms with Crippen molar-refractivity contribution in [2.24, 2.45) is 0 Å². The molecule has 1 aliphatic rings. The number of rotatable bonds is 1. The van der Waals surface area contributed by atoms with Crippen LogP contribution < -0.4 is 4.57 Å². The first-order valence-electron chi connectivity index (χ1n) is 5.99. The highest BCUT2D eigenvalue weighted by Crippen LogP contribution is 2.39. The number of hydrogen-bond donors (Lipinski definition) is 0. The molecule has 1 aromatic rings. The van der Waals surface area contributed by atoms with Crippen LogP contribution in [0.15, 0.2) is 18.2 Å². The van der Waals surface area contributed by atoms with Crippen molar-refractivity contribution >= 4 is 22.5 Å². The number of halogens is 2. The highest BCUT2D eigenvalue weighted by Gasteiger charge is 2.46. The Labute approximate surface area is 105 Å². The molecule has 2 rings (SSSR count). The van der Waals surface area contributed by atoms with Gasteiger partial charge >= 0.3 is 0 Å². The summed E-state index contributed by atoms with van der Waals surface area (Å²) in [6, 6.07) is 5.17. The van der Waals surface area contributed by atoms with Gasteiger partial charge in [-0.05, 0) is 32.0 Å². The smallest absolute Gasteiger partial charge is 0.148 e. The summed E-state index contributed by atoms with van der Waals surface area (Å²) in [4.78, 5) is 0. The predicted molar refractivity (Wildman–Crippen MR) is 73.7 cm³/mol. The summed E-state index contributed by atoms with van der Waals surface area (Å²) in [7, 11) is -1.63. The monoisotopic (exact) mass is 271 g/mol. The Kier molecular flexibility index (Phi) is 2.94. The van der Waals surface area contributed by atoms with E-state index in [1.54, 1.807) is 6.07 Å². The van der Waals surface area contributed by atoms with Gasteiger partial charge in [0.15, 0.2) is 0 Å². The van der Waals surface area contributed by atoms with Gasteiger partial charge in [-0.1, -0.05) is 13.1 Å². The van der Waals surface area contributed by atoms with Gasteiger partial charge in [0, 0.05) is 20.6 Å².